The number of hydrogen-bond acceptors (Lipinski definition) is 3. The fraction of sp³-hybridized carbons (Fsp3) is 0.600. The van der Waals surface area contributed by atoms with Crippen LogP contribution in [0.3, 0.4) is 0 Å². The molecule has 1 heterocycles. The van der Waals surface area contributed by atoms with Gasteiger partial charge in [-0.3, -0.25) is 4.79 Å². The van der Waals surface area contributed by atoms with Gasteiger partial charge in [-0.25, -0.2) is 0 Å². The van der Waals surface area contributed by atoms with Crippen LogP contribution in [0.1, 0.15) is 59.1 Å². The predicted molar refractivity (Wildman–Crippen MR) is 77.4 cm³/mol. The van der Waals surface area contributed by atoms with E-state index in [-0.39, 0.29) is 11.9 Å². The zero-order valence-electron chi connectivity index (χ0n) is 11.4. The largest absolute Gasteiger partial charge is 0.336 e. The van der Waals surface area contributed by atoms with Crippen LogP contribution < -0.4 is 5.32 Å². The maximum Gasteiger partial charge on any atom is 0.262 e. The summed E-state index contributed by atoms with van der Waals surface area (Å²) in [4.78, 5) is 14.3. The number of amides is 1. The molecule has 3 nitrogen and oxygen atoms in total. The van der Waals surface area contributed by atoms with E-state index in [1.165, 1.54) is 29.7 Å². The van der Waals surface area contributed by atoms with Gasteiger partial charge in [0.1, 0.15) is 6.04 Å². The number of thiophene rings is 1. The quantitative estimate of drug-likeness (QED) is 0.856. The van der Waals surface area contributed by atoms with Crippen LogP contribution in [-0.2, 0) is 12.8 Å². The predicted octanol–water partition coefficient (Wildman–Crippen LogP) is 3.44. The molecule has 19 heavy (non-hydrogen) atoms. The van der Waals surface area contributed by atoms with Crippen molar-refractivity contribution in [3.63, 3.8) is 0 Å². The van der Waals surface area contributed by atoms with E-state index >= 15 is 0 Å². The topological polar surface area (TPSA) is 52.9 Å². The van der Waals surface area contributed by atoms with Gasteiger partial charge in [-0.2, -0.15) is 5.26 Å². The molecular formula is C15H20N2OS. The van der Waals surface area contributed by atoms with Gasteiger partial charge in [0.25, 0.3) is 5.91 Å². The molecule has 1 amide bonds. The van der Waals surface area contributed by atoms with E-state index in [4.69, 9.17) is 5.26 Å². The van der Waals surface area contributed by atoms with Crippen LogP contribution in [0.15, 0.2) is 6.07 Å². The number of nitrogens with one attached hydrogen (secondary N) is 1. The molecule has 1 aliphatic rings. The number of fused-ring (bicyclic) bond motifs is 1. The zero-order valence-corrected chi connectivity index (χ0v) is 12.2. The Morgan fingerprint density at radius 2 is 2.26 bits per heavy atom. The van der Waals surface area contributed by atoms with Gasteiger partial charge in [-0.1, -0.05) is 19.8 Å². The van der Waals surface area contributed by atoms with Crippen LogP contribution in [0, 0.1) is 11.3 Å². The van der Waals surface area contributed by atoms with Crippen LogP contribution in [0.25, 0.3) is 0 Å². The average molecular weight is 276 g/mol. The van der Waals surface area contributed by atoms with Gasteiger partial charge in [-0.15, -0.1) is 11.3 Å². The maximum atomic E-state index is 12.1. The fourth-order valence-electron chi connectivity index (χ4n) is 2.47. The first-order valence-electron chi connectivity index (χ1n) is 7.06. The highest BCUT2D eigenvalue weighted by atomic mass is 32.1. The molecule has 1 N–H and O–H groups in total. The number of aryl methyl sites for hydroxylation is 2. The number of nitriles is 1. The van der Waals surface area contributed by atoms with Gasteiger partial charge in [0.2, 0.25) is 0 Å². The van der Waals surface area contributed by atoms with Crippen LogP contribution in [0.4, 0.5) is 0 Å². The summed E-state index contributed by atoms with van der Waals surface area (Å²) in [5, 5.41) is 11.8. The molecule has 0 saturated carbocycles. The lowest BCUT2D eigenvalue weighted by atomic mass is 10.1. The minimum atomic E-state index is -0.362. The second kappa shape index (κ2) is 6.72. The van der Waals surface area contributed by atoms with Crippen molar-refractivity contribution in [3.05, 3.63) is 21.4 Å². The molecule has 0 aromatic carbocycles. The third kappa shape index (κ3) is 3.57. The first-order valence-corrected chi connectivity index (χ1v) is 7.88. The molecule has 0 aliphatic heterocycles. The normalized spacial score (nSPS) is 16.0. The number of hydrogen-bond donors (Lipinski definition) is 1. The second-order valence-electron chi connectivity index (χ2n) is 5.06. The first-order chi connectivity index (χ1) is 9.24. The lowest BCUT2D eigenvalue weighted by Crippen LogP contribution is -2.33. The summed E-state index contributed by atoms with van der Waals surface area (Å²) >= 11 is 1.61. The Morgan fingerprint density at radius 3 is 3.00 bits per heavy atom. The van der Waals surface area contributed by atoms with Crippen LogP contribution in [0.2, 0.25) is 0 Å². The second-order valence-corrected chi connectivity index (χ2v) is 6.20. The summed E-state index contributed by atoms with van der Waals surface area (Å²) in [6.45, 7) is 2.02. The van der Waals surface area contributed by atoms with E-state index in [9.17, 15) is 4.79 Å². The number of rotatable bonds is 4. The average Bonchev–Trinajstić information content (AvgIpc) is 2.69. The van der Waals surface area contributed by atoms with Crippen molar-refractivity contribution in [3.8, 4) is 6.07 Å². The van der Waals surface area contributed by atoms with Crippen molar-refractivity contribution in [1.29, 1.82) is 5.26 Å². The minimum absolute atomic E-state index is 0.0851. The monoisotopic (exact) mass is 276 g/mol. The third-order valence-electron chi connectivity index (χ3n) is 3.51. The standard InChI is InChI=1S/C15H20N2OS/c1-2-6-12(10-16)17-15(18)14-9-11-7-4-3-5-8-13(11)19-14/h9,12H,2-8H2,1H3,(H,17,18). The third-order valence-corrected chi connectivity index (χ3v) is 4.74. The van der Waals surface area contributed by atoms with Crippen molar-refractivity contribution in [2.75, 3.05) is 0 Å². The smallest absolute Gasteiger partial charge is 0.262 e. The Kier molecular flexibility index (Phi) is 4.98. The Labute approximate surface area is 118 Å². The minimum Gasteiger partial charge on any atom is -0.336 e. The first kappa shape index (κ1) is 14.1. The van der Waals surface area contributed by atoms with Gasteiger partial charge in [-0.05, 0) is 43.7 Å². The lowest BCUT2D eigenvalue weighted by molar-refractivity contribution is 0.0948. The molecule has 0 spiro atoms. The van der Waals surface area contributed by atoms with Crippen molar-refractivity contribution in [1.82, 2.24) is 5.32 Å². The van der Waals surface area contributed by atoms with Crippen molar-refractivity contribution in [2.24, 2.45) is 0 Å². The molecule has 0 radical (unpaired) electrons. The van der Waals surface area contributed by atoms with Gasteiger partial charge in [0, 0.05) is 4.88 Å². The highest BCUT2D eigenvalue weighted by molar-refractivity contribution is 7.14. The van der Waals surface area contributed by atoms with Gasteiger partial charge >= 0.3 is 0 Å². The summed E-state index contributed by atoms with van der Waals surface area (Å²) in [6.07, 6.45) is 7.55. The van der Waals surface area contributed by atoms with E-state index < -0.39 is 0 Å². The highest BCUT2D eigenvalue weighted by Crippen LogP contribution is 2.28. The number of carbonyl (C=O) groups is 1. The molecule has 102 valence electrons. The van der Waals surface area contributed by atoms with Crippen molar-refractivity contribution >= 4 is 17.2 Å². The van der Waals surface area contributed by atoms with Crippen molar-refractivity contribution in [2.45, 2.75) is 57.9 Å². The molecule has 2 rings (SSSR count). The molecule has 0 fully saturated rings. The van der Waals surface area contributed by atoms with Crippen LogP contribution in [0.5, 0.6) is 0 Å². The molecule has 0 bridgehead atoms. The summed E-state index contributed by atoms with van der Waals surface area (Å²) in [5.41, 5.74) is 1.34. The van der Waals surface area contributed by atoms with Gasteiger partial charge < -0.3 is 5.32 Å². The van der Waals surface area contributed by atoms with Gasteiger partial charge in [0.05, 0.1) is 10.9 Å². The summed E-state index contributed by atoms with van der Waals surface area (Å²) in [6, 6.07) is 3.82. The maximum absolute atomic E-state index is 12.1. The molecule has 4 heteroatoms. The Balaban J connectivity index is 2.05. The molecule has 1 aliphatic carbocycles. The van der Waals surface area contributed by atoms with Crippen LogP contribution >= 0.6 is 11.3 Å². The Bertz CT molecular complexity index is 463. The Morgan fingerprint density at radius 1 is 1.47 bits per heavy atom. The van der Waals surface area contributed by atoms with E-state index in [1.807, 2.05) is 13.0 Å². The highest BCUT2D eigenvalue weighted by Gasteiger charge is 2.18. The SMILES string of the molecule is CCCC(C#N)NC(=O)c1cc2c(s1)CCCCC2. The number of nitrogens with zero attached hydrogens (tertiary/aromatic N) is 1. The molecular weight excluding hydrogens is 256 g/mol. The van der Waals surface area contributed by atoms with E-state index in [2.05, 4.69) is 11.4 Å². The molecule has 1 aromatic rings. The molecule has 1 atom stereocenters. The Hall–Kier alpha value is -1.34. The molecule has 1 aromatic heterocycles. The van der Waals surface area contributed by atoms with Crippen molar-refractivity contribution < 1.29 is 4.79 Å². The molecule has 1 unspecified atom stereocenters. The van der Waals surface area contributed by atoms with E-state index in [0.29, 0.717) is 6.42 Å². The van der Waals surface area contributed by atoms with E-state index in [1.54, 1.807) is 11.3 Å². The van der Waals surface area contributed by atoms with Crippen LogP contribution in [-0.4, -0.2) is 11.9 Å². The fourth-order valence-corrected chi connectivity index (χ4v) is 3.62. The zero-order chi connectivity index (χ0) is 13.7. The summed E-state index contributed by atoms with van der Waals surface area (Å²) in [7, 11) is 0. The number of carbonyl (C=O) groups excluding carboxylic acids is 1. The summed E-state index contributed by atoms with van der Waals surface area (Å²) < 4.78 is 0. The lowest BCUT2D eigenvalue weighted by Gasteiger charge is -2.08. The molecule has 0 saturated heterocycles. The van der Waals surface area contributed by atoms with E-state index in [0.717, 1.165) is 24.1 Å². The van der Waals surface area contributed by atoms with Gasteiger partial charge in [0.15, 0.2) is 0 Å². The summed E-state index contributed by atoms with van der Waals surface area (Å²) in [5.74, 6) is -0.0851.